The summed E-state index contributed by atoms with van der Waals surface area (Å²) in [6.45, 7) is 4.20. The molecule has 32 heavy (non-hydrogen) atoms. The summed E-state index contributed by atoms with van der Waals surface area (Å²) in [7, 11) is 1.55. The maximum Gasteiger partial charge on any atom is 0.233 e. The molecule has 8 heteroatoms. The molecule has 1 saturated heterocycles. The van der Waals surface area contributed by atoms with Crippen molar-refractivity contribution in [1.82, 2.24) is 25.7 Å². The van der Waals surface area contributed by atoms with Gasteiger partial charge in [-0.25, -0.2) is 0 Å². The van der Waals surface area contributed by atoms with Gasteiger partial charge in [0.05, 0.1) is 19.0 Å². The molecule has 0 radical (unpaired) electrons. The molecule has 0 unspecified atom stereocenters. The highest BCUT2D eigenvalue weighted by Crippen LogP contribution is 2.34. The highest BCUT2D eigenvalue weighted by Gasteiger charge is 2.37. The number of benzene rings is 1. The van der Waals surface area contributed by atoms with Crippen molar-refractivity contribution in [2.45, 2.75) is 44.2 Å². The predicted octanol–water partition coefficient (Wildman–Crippen LogP) is 3.43. The molecule has 3 heterocycles. The van der Waals surface area contributed by atoms with Crippen LogP contribution in [0.2, 0.25) is 0 Å². The molecule has 0 bridgehead atoms. The normalized spacial score (nSPS) is 20.9. The van der Waals surface area contributed by atoms with E-state index in [1.165, 1.54) is 19.3 Å². The molecule has 0 amide bonds. The van der Waals surface area contributed by atoms with Crippen molar-refractivity contribution in [2.75, 3.05) is 25.1 Å². The van der Waals surface area contributed by atoms with E-state index in [-0.39, 0.29) is 11.3 Å². The number of nitrogens with zero attached hydrogens (tertiary/aromatic N) is 5. The summed E-state index contributed by atoms with van der Waals surface area (Å²) < 4.78 is 5.13. The largest absolute Gasteiger partial charge is 0.507 e. The molecule has 1 atom stereocenters. The van der Waals surface area contributed by atoms with Gasteiger partial charge in [-0.05, 0) is 56.0 Å². The van der Waals surface area contributed by atoms with Gasteiger partial charge < -0.3 is 20.1 Å². The van der Waals surface area contributed by atoms with Crippen molar-refractivity contribution in [3.8, 4) is 34.0 Å². The smallest absolute Gasteiger partial charge is 0.233 e. The number of anilines is 1. The number of nitrogens with one attached hydrogen (secondary N) is 1. The van der Waals surface area contributed by atoms with Crippen LogP contribution < -0.4 is 15.0 Å². The SMILES string of the molecule is COc1cc(-c2ccc(-c3ccc(N4CC[C@](C)(NC5CCC5)C4)nn3)c(O)c2)cnn1. The average molecular weight is 433 g/mol. The Morgan fingerprint density at radius 1 is 1.09 bits per heavy atom. The quantitative estimate of drug-likeness (QED) is 0.612. The van der Waals surface area contributed by atoms with Gasteiger partial charge in [0.25, 0.3) is 0 Å². The van der Waals surface area contributed by atoms with Gasteiger partial charge >= 0.3 is 0 Å². The minimum absolute atomic E-state index is 0.129. The molecule has 2 fully saturated rings. The Labute approximate surface area is 187 Å². The van der Waals surface area contributed by atoms with Crippen LogP contribution >= 0.6 is 0 Å². The number of ether oxygens (including phenoxy) is 1. The fourth-order valence-electron chi connectivity index (χ4n) is 4.49. The van der Waals surface area contributed by atoms with E-state index < -0.39 is 0 Å². The lowest BCUT2D eigenvalue weighted by Crippen LogP contribution is -2.52. The predicted molar refractivity (Wildman–Crippen MR) is 123 cm³/mol. The number of rotatable bonds is 6. The maximum absolute atomic E-state index is 10.6. The number of methoxy groups -OCH3 is 1. The number of aromatic nitrogens is 4. The Balaban J connectivity index is 1.30. The molecule has 1 aliphatic carbocycles. The molecule has 1 aliphatic heterocycles. The summed E-state index contributed by atoms with van der Waals surface area (Å²) in [5.74, 6) is 1.44. The summed E-state index contributed by atoms with van der Waals surface area (Å²) in [6, 6.07) is 11.8. The lowest BCUT2D eigenvalue weighted by molar-refractivity contribution is 0.253. The van der Waals surface area contributed by atoms with Gasteiger partial charge in [0, 0.05) is 41.9 Å². The molecule has 2 aromatic heterocycles. The van der Waals surface area contributed by atoms with Crippen molar-refractivity contribution in [3.63, 3.8) is 0 Å². The number of phenolic OH excluding ortho intramolecular Hbond substituents is 1. The van der Waals surface area contributed by atoms with E-state index >= 15 is 0 Å². The zero-order chi connectivity index (χ0) is 22.1. The van der Waals surface area contributed by atoms with Crippen LogP contribution in [0.25, 0.3) is 22.4 Å². The lowest BCUT2D eigenvalue weighted by Gasteiger charge is -2.36. The van der Waals surface area contributed by atoms with Crippen LogP contribution in [0, 0.1) is 0 Å². The molecule has 2 aliphatic rings. The monoisotopic (exact) mass is 432 g/mol. The first-order chi connectivity index (χ1) is 15.5. The zero-order valence-corrected chi connectivity index (χ0v) is 18.5. The fraction of sp³-hybridized carbons (Fsp3) is 0.417. The summed E-state index contributed by atoms with van der Waals surface area (Å²) in [6.07, 6.45) is 6.65. The van der Waals surface area contributed by atoms with E-state index in [2.05, 4.69) is 37.5 Å². The second-order valence-electron chi connectivity index (χ2n) is 9.00. The van der Waals surface area contributed by atoms with Crippen molar-refractivity contribution in [2.24, 2.45) is 0 Å². The molecule has 8 nitrogen and oxygen atoms in total. The molecule has 2 N–H and O–H groups in total. The third-order valence-corrected chi connectivity index (χ3v) is 6.55. The molecule has 5 rings (SSSR count). The second-order valence-corrected chi connectivity index (χ2v) is 9.00. The highest BCUT2D eigenvalue weighted by molar-refractivity contribution is 5.74. The third-order valence-electron chi connectivity index (χ3n) is 6.55. The van der Waals surface area contributed by atoms with Crippen LogP contribution in [0.1, 0.15) is 32.6 Å². The summed E-state index contributed by atoms with van der Waals surface area (Å²) >= 11 is 0. The minimum Gasteiger partial charge on any atom is -0.507 e. The number of hydrogen-bond donors (Lipinski definition) is 2. The van der Waals surface area contributed by atoms with Crippen LogP contribution in [0.5, 0.6) is 11.6 Å². The van der Waals surface area contributed by atoms with Gasteiger partial charge in [0.15, 0.2) is 5.82 Å². The molecule has 1 aromatic carbocycles. The van der Waals surface area contributed by atoms with E-state index in [0.29, 0.717) is 23.2 Å². The van der Waals surface area contributed by atoms with Gasteiger partial charge in [0.2, 0.25) is 5.88 Å². The van der Waals surface area contributed by atoms with Crippen molar-refractivity contribution >= 4 is 5.82 Å². The number of phenols is 1. The van der Waals surface area contributed by atoms with Crippen LogP contribution in [0.4, 0.5) is 5.82 Å². The lowest BCUT2D eigenvalue weighted by atomic mass is 9.89. The van der Waals surface area contributed by atoms with Crippen LogP contribution in [0.15, 0.2) is 42.6 Å². The number of hydrogen-bond acceptors (Lipinski definition) is 8. The van der Waals surface area contributed by atoms with Gasteiger partial charge in [-0.15, -0.1) is 15.3 Å². The summed E-state index contributed by atoms with van der Waals surface area (Å²) in [5.41, 5.74) is 3.04. The van der Waals surface area contributed by atoms with E-state index in [1.807, 2.05) is 24.3 Å². The fourth-order valence-corrected chi connectivity index (χ4v) is 4.49. The first kappa shape index (κ1) is 20.6. The van der Waals surface area contributed by atoms with Crippen molar-refractivity contribution < 1.29 is 9.84 Å². The molecular formula is C24H28N6O2. The Kier molecular flexibility index (Phi) is 5.38. The first-order valence-electron chi connectivity index (χ1n) is 11.1. The standard InChI is InChI=1S/C24H28N6O2/c1-24(26-18-4-3-5-18)10-11-30(15-24)22-9-8-20(27-28-22)19-7-6-16(12-21(19)31)17-13-23(32-2)29-25-14-17/h6-9,12-14,18,26,31H,3-5,10-11,15H2,1-2H3/t24-/m0/s1. The van der Waals surface area contributed by atoms with Crippen molar-refractivity contribution in [3.05, 3.63) is 42.6 Å². The van der Waals surface area contributed by atoms with E-state index in [0.717, 1.165) is 36.5 Å². The molecule has 1 saturated carbocycles. The van der Waals surface area contributed by atoms with Crippen LogP contribution in [-0.2, 0) is 0 Å². The van der Waals surface area contributed by atoms with E-state index in [9.17, 15) is 5.11 Å². The Morgan fingerprint density at radius 3 is 2.66 bits per heavy atom. The molecule has 0 spiro atoms. The molecule has 3 aromatic rings. The van der Waals surface area contributed by atoms with Gasteiger partial charge in [-0.2, -0.15) is 5.10 Å². The van der Waals surface area contributed by atoms with Crippen LogP contribution in [-0.4, -0.2) is 57.3 Å². The molecule has 166 valence electrons. The second kappa shape index (κ2) is 8.35. The number of aromatic hydroxyl groups is 1. The maximum atomic E-state index is 10.6. The van der Waals surface area contributed by atoms with Gasteiger partial charge in [-0.3, -0.25) is 0 Å². The van der Waals surface area contributed by atoms with Gasteiger partial charge in [-0.1, -0.05) is 12.5 Å². The first-order valence-corrected chi connectivity index (χ1v) is 11.1. The summed E-state index contributed by atoms with van der Waals surface area (Å²) in [4.78, 5) is 2.29. The highest BCUT2D eigenvalue weighted by atomic mass is 16.5. The Hall–Kier alpha value is -3.26. The van der Waals surface area contributed by atoms with E-state index in [4.69, 9.17) is 4.74 Å². The average Bonchev–Trinajstić information content (AvgIpc) is 3.19. The zero-order valence-electron chi connectivity index (χ0n) is 18.5. The summed E-state index contributed by atoms with van der Waals surface area (Å²) in [5, 5.41) is 31.1. The Bertz CT molecular complexity index is 1100. The molecular weight excluding hydrogens is 404 g/mol. The minimum atomic E-state index is 0.129. The topological polar surface area (TPSA) is 96.3 Å². The van der Waals surface area contributed by atoms with Crippen LogP contribution in [0.3, 0.4) is 0 Å². The Morgan fingerprint density at radius 2 is 1.97 bits per heavy atom. The third kappa shape index (κ3) is 4.10. The van der Waals surface area contributed by atoms with Crippen molar-refractivity contribution in [1.29, 1.82) is 0 Å². The van der Waals surface area contributed by atoms with Gasteiger partial charge in [0.1, 0.15) is 5.75 Å². The van der Waals surface area contributed by atoms with E-state index in [1.54, 1.807) is 25.4 Å².